The number of urea groups is 1. The number of rotatable bonds is 4. The van der Waals surface area contributed by atoms with Gasteiger partial charge in [-0.25, -0.2) is 15.6 Å². The van der Waals surface area contributed by atoms with Crippen LogP contribution in [0.3, 0.4) is 0 Å². The summed E-state index contributed by atoms with van der Waals surface area (Å²) >= 11 is 0. The molecule has 2 fully saturated rings. The monoisotopic (exact) mass is 385 g/mol. The molecule has 2 saturated heterocycles. The maximum absolute atomic E-state index is 12.6. The fourth-order valence-electron chi connectivity index (χ4n) is 2.96. The third-order valence-electron chi connectivity index (χ3n) is 4.12. The van der Waals surface area contributed by atoms with E-state index in [0.29, 0.717) is 10.1 Å². The van der Waals surface area contributed by atoms with E-state index >= 15 is 0 Å². The zero-order valence-electron chi connectivity index (χ0n) is 13.3. The van der Waals surface area contributed by atoms with E-state index in [0.717, 1.165) is 4.90 Å². The number of hydroxylamine groups is 2. The van der Waals surface area contributed by atoms with Gasteiger partial charge in [-0.15, -0.1) is 4.28 Å². The summed E-state index contributed by atoms with van der Waals surface area (Å²) in [7, 11) is -4.89. The van der Waals surface area contributed by atoms with Crippen LogP contribution in [0.4, 0.5) is 4.79 Å². The fraction of sp³-hybridized carbons (Fsp3) is 0.385. The van der Waals surface area contributed by atoms with Gasteiger partial charge in [0.25, 0.3) is 11.8 Å². The Morgan fingerprint density at radius 3 is 2.69 bits per heavy atom. The minimum atomic E-state index is -4.89. The van der Waals surface area contributed by atoms with Crippen molar-refractivity contribution in [2.45, 2.75) is 24.9 Å². The Balaban J connectivity index is 1.75. The maximum Gasteiger partial charge on any atom is 0.418 e. The highest BCUT2D eigenvalue weighted by Gasteiger charge is 2.50. The predicted octanol–water partition coefficient (Wildman–Crippen LogP) is -1.07. The van der Waals surface area contributed by atoms with E-state index in [4.69, 9.17) is 10.4 Å². The summed E-state index contributed by atoms with van der Waals surface area (Å²) in [6.45, 7) is -0.00359. The van der Waals surface area contributed by atoms with Gasteiger partial charge in [-0.1, -0.05) is 6.07 Å². The lowest BCUT2D eigenvalue weighted by Gasteiger charge is -2.31. The first-order valence-corrected chi connectivity index (χ1v) is 8.86. The van der Waals surface area contributed by atoms with Crippen LogP contribution in [0.5, 0.6) is 0 Å². The number of pyridine rings is 1. The molecule has 140 valence electrons. The zero-order valence-corrected chi connectivity index (χ0v) is 14.1. The summed E-state index contributed by atoms with van der Waals surface area (Å²) in [5, 5.41) is 0.886. The van der Waals surface area contributed by atoms with Gasteiger partial charge < -0.3 is 4.90 Å². The molecule has 0 saturated carbocycles. The van der Waals surface area contributed by atoms with E-state index in [2.05, 4.69) is 9.27 Å². The Labute approximate surface area is 148 Å². The summed E-state index contributed by atoms with van der Waals surface area (Å²) in [6.07, 6.45) is 1.73. The molecule has 12 nitrogen and oxygen atoms in total. The molecule has 13 heteroatoms. The highest BCUT2D eigenvalue weighted by atomic mass is 32.3. The highest BCUT2D eigenvalue weighted by Crippen LogP contribution is 2.31. The van der Waals surface area contributed by atoms with Crippen LogP contribution in [0.2, 0.25) is 0 Å². The molecule has 2 bridgehead atoms. The molecule has 0 aromatic carbocycles. The van der Waals surface area contributed by atoms with Crippen LogP contribution in [0.25, 0.3) is 0 Å². The Hall–Kier alpha value is -2.61. The molecule has 0 unspecified atom stereocenters. The third-order valence-corrected chi connectivity index (χ3v) is 4.47. The molecule has 4 amide bonds. The number of hydrazine groups is 1. The SMILES string of the molecule is NN(C(=O)c1ccccn1)C(=O)[C@@H]1CC[C@@H]2CN1C(=O)N2OS(=O)(=O)O. The normalized spacial score (nSPS) is 22.5. The second-order valence-corrected chi connectivity index (χ2v) is 6.74. The van der Waals surface area contributed by atoms with Crippen LogP contribution in [-0.2, 0) is 19.5 Å². The van der Waals surface area contributed by atoms with E-state index in [9.17, 15) is 22.8 Å². The van der Waals surface area contributed by atoms with Crippen molar-refractivity contribution < 1.29 is 31.6 Å². The smallest absolute Gasteiger partial charge is 0.309 e. The van der Waals surface area contributed by atoms with E-state index < -0.39 is 40.3 Å². The molecular formula is C13H15N5O7S. The topological polar surface area (TPSA) is 163 Å². The number of piperidine rings is 1. The lowest BCUT2D eigenvalue weighted by molar-refractivity contribution is -0.134. The van der Waals surface area contributed by atoms with E-state index in [-0.39, 0.29) is 25.1 Å². The van der Waals surface area contributed by atoms with Gasteiger partial charge in [-0.3, -0.25) is 19.1 Å². The summed E-state index contributed by atoms with van der Waals surface area (Å²) in [5.74, 6) is 3.94. The number of carbonyl (C=O) groups is 3. The van der Waals surface area contributed by atoms with Gasteiger partial charge in [-0.2, -0.15) is 13.5 Å². The first kappa shape index (κ1) is 18.2. The summed E-state index contributed by atoms with van der Waals surface area (Å²) in [5.41, 5.74) is -0.0406. The number of hydrogen-bond donors (Lipinski definition) is 2. The molecule has 3 rings (SSSR count). The average Bonchev–Trinajstić information content (AvgIpc) is 2.84. The van der Waals surface area contributed by atoms with Gasteiger partial charge >= 0.3 is 16.4 Å². The first-order chi connectivity index (χ1) is 12.2. The van der Waals surface area contributed by atoms with Crippen molar-refractivity contribution in [1.29, 1.82) is 0 Å². The molecule has 0 radical (unpaired) electrons. The van der Waals surface area contributed by atoms with Gasteiger partial charge in [-0.05, 0) is 25.0 Å². The molecule has 3 heterocycles. The summed E-state index contributed by atoms with van der Waals surface area (Å²) in [4.78, 5) is 42.0. The van der Waals surface area contributed by atoms with Crippen molar-refractivity contribution in [3.05, 3.63) is 30.1 Å². The Kier molecular flexibility index (Phi) is 4.62. The Morgan fingerprint density at radius 2 is 2.08 bits per heavy atom. The van der Waals surface area contributed by atoms with Crippen molar-refractivity contribution >= 4 is 28.2 Å². The van der Waals surface area contributed by atoms with E-state index in [1.54, 1.807) is 12.1 Å². The molecule has 1 aromatic rings. The quantitative estimate of drug-likeness (QED) is 0.216. The second kappa shape index (κ2) is 6.60. The number of aromatic nitrogens is 1. The molecule has 0 aliphatic carbocycles. The Bertz CT molecular complexity index is 846. The molecular weight excluding hydrogens is 370 g/mol. The lowest BCUT2D eigenvalue weighted by Crippen LogP contribution is -2.55. The molecule has 3 N–H and O–H groups in total. The van der Waals surface area contributed by atoms with Crippen LogP contribution in [0.15, 0.2) is 24.4 Å². The van der Waals surface area contributed by atoms with Crippen molar-refractivity contribution in [2.75, 3.05) is 6.54 Å². The number of amides is 4. The lowest BCUT2D eigenvalue weighted by atomic mass is 10.00. The number of nitrogens with two attached hydrogens (primary N) is 1. The third kappa shape index (κ3) is 3.37. The fourth-order valence-corrected chi connectivity index (χ4v) is 3.35. The van der Waals surface area contributed by atoms with Gasteiger partial charge in [0.05, 0.1) is 6.04 Å². The number of hydrogen-bond acceptors (Lipinski definition) is 8. The molecule has 1 aromatic heterocycles. The highest BCUT2D eigenvalue weighted by molar-refractivity contribution is 7.80. The standard InChI is InChI=1S/C13H15N5O7S/c14-17(11(19)9-3-1-2-6-15-9)12(20)10-5-4-8-7-16(10)13(21)18(8)25-26(22,23)24/h1-3,6,8,10H,4-5,7,14H2,(H,22,23,24)/t8-,10+/m1/s1. The van der Waals surface area contributed by atoms with Crippen molar-refractivity contribution in [2.24, 2.45) is 5.84 Å². The van der Waals surface area contributed by atoms with Gasteiger partial charge in [0, 0.05) is 12.7 Å². The van der Waals surface area contributed by atoms with E-state index in [1.165, 1.54) is 12.3 Å². The van der Waals surface area contributed by atoms with Crippen molar-refractivity contribution in [3.8, 4) is 0 Å². The number of nitrogens with zero attached hydrogens (tertiary/aromatic N) is 4. The largest absolute Gasteiger partial charge is 0.418 e. The van der Waals surface area contributed by atoms with Crippen LogP contribution in [0.1, 0.15) is 23.3 Å². The minimum absolute atomic E-state index is 0.00359. The predicted molar refractivity (Wildman–Crippen MR) is 83.0 cm³/mol. The van der Waals surface area contributed by atoms with Gasteiger partial charge in [0.1, 0.15) is 11.7 Å². The van der Waals surface area contributed by atoms with Crippen molar-refractivity contribution in [3.63, 3.8) is 0 Å². The van der Waals surface area contributed by atoms with Crippen LogP contribution >= 0.6 is 0 Å². The second-order valence-electron chi connectivity index (χ2n) is 5.74. The van der Waals surface area contributed by atoms with Crippen LogP contribution in [-0.4, -0.2) is 69.4 Å². The number of carbonyl (C=O) groups excluding carboxylic acids is 3. The van der Waals surface area contributed by atoms with Crippen molar-refractivity contribution in [1.82, 2.24) is 20.0 Å². The van der Waals surface area contributed by atoms with Gasteiger partial charge in [0.2, 0.25) is 0 Å². The molecule has 2 aliphatic heterocycles. The molecule has 26 heavy (non-hydrogen) atoms. The maximum atomic E-state index is 12.6. The van der Waals surface area contributed by atoms with E-state index in [1.807, 2.05) is 0 Å². The molecule has 2 aliphatic rings. The van der Waals surface area contributed by atoms with Crippen LogP contribution in [0, 0.1) is 0 Å². The number of imide groups is 1. The zero-order chi connectivity index (χ0) is 19.1. The van der Waals surface area contributed by atoms with Crippen LogP contribution < -0.4 is 5.84 Å². The average molecular weight is 385 g/mol. The molecule has 0 spiro atoms. The summed E-state index contributed by atoms with van der Waals surface area (Å²) < 4.78 is 34.8. The first-order valence-electron chi connectivity index (χ1n) is 7.50. The Morgan fingerprint density at radius 1 is 1.35 bits per heavy atom. The minimum Gasteiger partial charge on any atom is -0.309 e. The molecule has 2 atom stereocenters. The van der Waals surface area contributed by atoms with Gasteiger partial charge in [0.15, 0.2) is 0 Å². The summed E-state index contributed by atoms with van der Waals surface area (Å²) in [6, 6.07) is 1.90. The number of fused-ring (bicyclic) bond motifs is 2.